The van der Waals surface area contributed by atoms with E-state index in [1.807, 2.05) is 12.1 Å². The van der Waals surface area contributed by atoms with Gasteiger partial charge < -0.3 is 9.73 Å². The number of halogens is 1. The maximum Gasteiger partial charge on any atom is 0.261 e. The van der Waals surface area contributed by atoms with Crippen molar-refractivity contribution in [1.82, 2.24) is 5.32 Å². The molecule has 0 spiro atoms. The Morgan fingerprint density at radius 3 is 2.54 bits per heavy atom. The molecule has 6 nitrogen and oxygen atoms in total. The van der Waals surface area contributed by atoms with Crippen LogP contribution in [0, 0.1) is 0 Å². The van der Waals surface area contributed by atoms with Crippen molar-refractivity contribution in [2.24, 2.45) is 0 Å². The van der Waals surface area contributed by atoms with E-state index in [-0.39, 0.29) is 10.8 Å². The maximum atomic E-state index is 12.5. The van der Waals surface area contributed by atoms with Crippen LogP contribution in [0.15, 0.2) is 76.2 Å². The number of sulfonamides is 1. The molecule has 3 rings (SSSR count). The number of aryl methyl sites for hydroxylation is 1. The van der Waals surface area contributed by atoms with Gasteiger partial charge in [-0.2, -0.15) is 0 Å². The van der Waals surface area contributed by atoms with Crippen molar-refractivity contribution in [1.29, 1.82) is 0 Å². The average Bonchev–Trinajstić information content (AvgIpc) is 3.19. The molecule has 0 aliphatic heterocycles. The molecule has 0 fully saturated rings. The first kappa shape index (κ1) is 20.0. The molecule has 0 saturated heterocycles. The van der Waals surface area contributed by atoms with Gasteiger partial charge in [0.15, 0.2) is 0 Å². The lowest BCUT2D eigenvalue weighted by Gasteiger charge is -2.10. The summed E-state index contributed by atoms with van der Waals surface area (Å²) in [6.07, 6.45) is 3.08. The van der Waals surface area contributed by atoms with Crippen molar-refractivity contribution in [2.45, 2.75) is 17.7 Å². The number of carbonyl (C=O) groups is 1. The minimum absolute atomic E-state index is 0.0877. The Kier molecular flexibility index (Phi) is 6.38. The van der Waals surface area contributed by atoms with Crippen LogP contribution in [0.3, 0.4) is 0 Å². The highest BCUT2D eigenvalue weighted by Crippen LogP contribution is 2.19. The Morgan fingerprint density at radius 2 is 1.82 bits per heavy atom. The molecular formula is C20H19ClN2O4S. The van der Waals surface area contributed by atoms with Crippen LogP contribution < -0.4 is 10.0 Å². The van der Waals surface area contributed by atoms with E-state index in [4.69, 9.17) is 16.0 Å². The summed E-state index contributed by atoms with van der Waals surface area (Å²) in [4.78, 5) is 12.4. The molecule has 2 N–H and O–H groups in total. The molecule has 2 aromatic carbocycles. The van der Waals surface area contributed by atoms with Crippen molar-refractivity contribution in [3.8, 4) is 0 Å². The number of hydrogen-bond donors (Lipinski definition) is 2. The van der Waals surface area contributed by atoms with Gasteiger partial charge in [0.25, 0.3) is 15.9 Å². The van der Waals surface area contributed by atoms with Crippen molar-refractivity contribution < 1.29 is 17.6 Å². The van der Waals surface area contributed by atoms with E-state index in [0.29, 0.717) is 22.8 Å². The number of furan rings is 1. The van der Waals surface area contributed by atoms with Gasteiger partial charge in [0.05, 0.1) is 11.2 Å². The van der Waals surface area contributed by atoms with Gasteiger partial charge in [-0.25, -0.2) is 8.42 Å². The Hall–Kier alpha value is -2.77. The van der Waals surface area contributed by atoms with Crippen LogP contribution in [0.4, 0.5) is 5.69 Å². The molecule has 28 heavy (non-hydrogen) atoms. The third-order valence-corrected chi connectivity index (χ3v) is 5.62. The van der Waals surface area contributed by atoms with Crippen molar-refractivity contribution in [3.05, 3.63) is 83.3 Å². The van der Waals surface area contributed by atoms with Crippen LogP contribution in [0.25, 0.3) is 0 Å². The zero-order valence-corrected chi connectivity index (χ0v) is 16.5. The van der Waals surface area contributed by atoms with Gasteiger partial charge in [-0.3, -0.25) is 9.52 Å². The molecule has 8 heteroatoms. The van der Waals surface area contributed by atoms with Crippen LogP contribution in [-0.4, -0.2) is 20.9 Å². The topological polar surface area (TPSA) is 88.4 Å². The molecule has 1 amide bonds. The Labute approximate surface area is 168 Å². The average molecular weight is 419 g/mol. The molecule has 0 aliphatic carbocycles. The summed E-state index contributed by atoms with van der Waals surface area (Å²) in [5.41, 5.74) is 0.674. The predicted molar refractivity (Wildman–Crippen MR) is 108 cm³/mol. The summed E-state index contributed by atoms with van der Waals surface area (Å²) in [6, 6.07) is 15.9. The van der Waals surface area contributed by atoms with Gasteiger partial charge in [0.1, 0.15) is 5.76 Å². The Balaban J connectivity index is 1.59. The monoisotopic (exact) mass is 418 g/mol. The van der Waals surface area contributed by atoms with Gasteiger partial charge in [-0.15, -0.1) is 0 Å². The molecule has 0 bridgehead atoms. The van der Waals surface area contributed by atoms with Gasteiger partial charge in [0.2, 0.25) is 0 Å². The highest BCUT2D eigenvalue weighted by atomic mass is 35.5. The van der Waals surface area contributed by atoms with E-state index in [1.54, 1.807) is 24.5 Å². The van der Waals surface area contributed by atoms with Crippen LogP contribution in [0.2, 0.25) is 5.02 Å². The summed E-state index contributed by atoms with van der Waals surface area (Å²) in [5, 5.41) is 3.27. The Bertz CT molecular complexity index is 1030. The van der Waals surface area contributed by atoms with Gasteiger partial charge in [-0.1, -0.05) is 17.7 Å². The third-order valence-electron chi connectivity index (χ3n) is 3.97. The molecular weight excluding hydrogens is 400 g/mol. The van der Waals surface area contributed by atoms with Crippen molar-refractivity contribution >= 4 is 33.2 Å². The minimum Gasteiger partial charge on any atom is -0.469 e. The first-order chi connectivity index (χ1) is 13.4. The van der Waals surface area contributed by atoms with Gasteiger partial charge in [-0.05, 0) is 61.0 Å². The summed E-state index contributed by atoms with van der Waals surface area (Å²) >= 11 is 5.79. The molecule has 3 aromatic rings. The zero-order chi connectivity index (χ0) is 20.0. The summed E-state index contributed by atoms with van der Waals surface area (Å²) in [6.45, 7) is 0.486. The van der Waals surface area contributed by atoms with Crippen LogP contribution in [0.1, 0.15) is 22.5 Å². The lowest BCUT2D eigenvalue weighted by atomic mass is 10.2. The molecule has 0 radical (unpaired) electrons. The van der Waals surface area contributed by atoms with E-state index in [2.05, 4.69) is 10.0 Å². The fourth-order valence-corrected chi connectivity index (χ4v) is 3.75. The fourth-order valence-electron chi connectivity index (χ4n) is 2.57. The van der Waals surface area contributed by atoms with E-state index >= 15 is 0 Å². The van der Waals surface area contributed by atoms with Crippen LogP contribution in [0.5, 0.6) is 0 Å². The number of anilines is 1. The van der Waals surface area contributed by atoms with Gasteiger partial charge in [0, 0.05) is 29.2 Å². The minimum atomic E-state index is -3.77. The van der Waals surface area contributed by atoms with Gasteiger partial charge >= 0.3 is 0 Å². The SMILES string of the molecule is O=C(NCCCc1ccco1)c1cccc(NS(=O)(=O)c2ccc(Cl)cc2)c1. The largest absolute Gasteiger partial charge is 0.469 e. The van der Waals surface area contributed by atoms with E-state index in [9.17, 15) is 13.2 Å². The number of benzene rings is 2. The summed E-state index contributed by atoms with van der Waals surface area (Å²) in [5.74, 6) is 0.597. The number of nitrogens with one attached hydrogen (secondary N) is 2. The first-order valence-corrected chi connectivity index (χ1v) is 10.5. The summed E-state index contributed by atoms with van der Waals surface area (Å²) in [7, 11) is -3.77. The Morgan fingerprint density at radius 1 is 1.04 bits per heavy atom. The second-order valence-corrected chi connectivity index (χ2v) is 8.20. The highest BCUT2D eigenvalue weighted by Gasteiger charge is 2.15. The molecule has 0 atom stereocenters. The predicted octanol–water partition coefficient (Wildman–Crippen LogP) is 4.10. The van der Waals surface area contributed by atoms with Crippen LogP contribution in [-0.2, 0) is 16.4 Å². The smallest absolute Gasteiger partial charge is 0.261 e. The normalized spacial score (nSPS) is 11.2. The van der Waals surface area contributed by atoms with E-state index in [1.165, 1.54) is 30.3 Å². The van der Waals surface area contributed by atoms with E-state index in [0.717, 1.165) is 18.6 Å². The number of rotatable bonds is 8. The zero-order valence-electron chi connectivity index (χ0n) is 14.9. The number of carbonyl (C=O) groups excluding carboxylic acids is 1. The lowest BCUT2D eigenvalue weighted by Crippen LogP contribution is -2.25. The fraction of sp³-hybridized carbons (Fsp3) is 0.150. The lowest BCUT2D eigenvalue weighted by molar-refractivity contribution is 0.0953. The van der Waals surface area contributed by atoms with E-state index < -0.39 is 10.0 Å². The molecule has 1 heterocycles. The standard InChI is InChI=1S/C20H19ClN2O4S/c21-16-8-10-19(11-9-16)28(25,26)23-17-5-1-4-15(14-17)20(24)22-12-2-6-18-7-3-13-27-18/h1,3-5,7-11,13-14,23H,2,6,12H2,(H,22,24). The molecule has 0 saturated carbocycles. The van der Waals surface area contributed by atoms with Crippen molar-refractivity contribution in [3.63, 3.8) is 0 Å². The second-order valence-electron chi connectivity index (χ2n) is 6.08. The maximum absolute atomic E-state index is 12.5. The molecule has 1 aromatic heterocycles. The number of hydrogen-bond acceptors (Lipinski definition) is 4. The second kappa shape index (κ2) is 8.95. The van der Waals surface area contributed by atoms with Crippen LogP contribution >= 0.6 is 11.6 Å². The number of amides is 1. The first-order valence-electron chi connectivity index (χ1n) is 8.63. The molecule has 146 valence electrons. The quantitative estimate of drug-likeness (QED) is 0.539. The molecule has 0 aliphatic rings. The highest BCUT2D eigenvalue weighted by molar-refractivity contribution is 7.92. The third kappa shape index (κ3) is 5.37. The summed E-state index contributed by atoms with van der Waals surface area (Å²) < 4.78 is 32.6. The molecule has 0 unspecified atom stereocenters. The van der Waals surface area contributed by atoms with Crippen molar-refractivity contribution in [2.75, 3.05) is 11.3 Å².